The van der Waals surface area contributed by atoms with Gasteiger partial charge >= 0.3 is 12.2 Å². The first-order valence-corrected chi connectivity index (χ1v) is 10.4. The Morgan fingerprint density at radius 2 is 0.970 bits per heavy atom. The molecule has 0 saturated carbocycles. The molecule has 4 N–H and O–H groups in total. The van der Waals surface area contributed by atoms with Crippen molar-refractivity contribution in [3.63, 3.8) is 0 Å². The molecular weight excluding hydrogens is 416 g/mol. The zero-order valence-corrected chi connectivity index (χ0v) is 17.7. The van der Waals surface area contributed by atoms with Crippen LogP contribution >= 0.6 is 0 Å². The van der Waals surface area contributed by atoms with Crippen molar-refractivity contribution in [3.8, 4) is 22.3 Å². The van der Waals surface area contributed by atoms with E-state index in [4.69, 9.17) is 0 Å². The molecule has 33 heavy (non-hydrogen) atoms. The summed E-state index contributed by atoms with van der Waals surface area (Å²) in [6, 6.07) is 30.5. The Kier molecular flexibility index (Phi) is 6.36. The zero-order chi connectivity index (χ0) is 23.2. The number of hydrogen-bond donors (Lipinski definition) is 4. The van der Waals surface area contributed by atoms with Crippen molar-refractivity contribution in [2.45, 2.75) is 6.42 Å². The number of rotatable bonds is 6. The van der Waals surface area contributed by atoms with Crippen LogP contribution in [0.3, 0.4) is 0 Å². The van der Waals surface area contributed by atoms with Crippen LogP contribution in [-0.2, 0) is 6.42 Å². The summed E-state index contributed by atoms with van der Waals surface area (Å²) in [5.41, 5.74) is 6.45. The predicted molar refractivity (Wildman–Crippen MR) is 130 cm³/mol. The van der Waals surface area contributed by atoms with E-state index in [2.05, 4.69) is 10.6 Å². The second-order valence-electron chi connectivity index (χ2n) is 7.53. The topological polar surface area (TPSA) is 98.7 Å². The summed E-state index contributed by atoms with van der Waals surface area (Å²) in [6.07, 6.45) is -1.64. The molecule has 0 unspecified atom stereocenters. The highest BCUT2D eigenvalue weighted by molar-refractivity contribution is 5.91. The second-order valence-corrected chi connectivity index (χ2v) is 7.53. The monoisotopic (exact) mass is 438 g/mol. The molecule has 164 valence electrons. The Morgan fingerprint density at radius 3 is 1.33 bits per heavy atom. The largest absolute Gasteiger partial charge is 0.465 e. The molecule has 0 fully saturated rings. The van der Waals surface area contributed by atoms with E-state index in [1.54, 1.807) is 12.1 Å². The summed E-state index contributed by atoms with van der Waals surface area (Å²) in [5.74, 6) is 0. The minimum absolute atomic E-state index is 0.517. The molecule has 0 aliphatic heterocycles. The third-order valence-corrected chi connectivity index (χ3v) is 5.23. The molecule has 0 bridgehead atoms. The van der Waals surface area contributed by atoms with Crippen molar-refractivity contribution in [3.05, 3.63) is 108 Å². The van der Waals surface area contributed by atoms with Crippen LogP contribution < -0.4 is 10.6 Å². The first kappa shape index (κ1) is 21.6. The zero-order valence-electron chi connectivity index (χ0n) is 17.7. The van der Waals surface area contributed by atoms with E-state index in [-0.39, 0.29) is 0 Å². The first-order valence-electron chi connectivity index (χ1n) is 10.4. The van der Waals surface area contributed by atoms with Gasteiger partial charge in [0.2, 0.25) is 0 Å². The van der Waals surface area contributed by atoms with Crippen molar-refractivity contribution < 1.29 is 19.8 Å². The number of carbonyl (C=O) groups is 2. The van der Waals surface area contributed by atoms with Crippen molar-refractivity contribution in [2.75, 3.05) is 10.6 Å². The first-order chi connectivity index (χ1) is 16.0. The van der Waals surface area contributed by atoms with Gasteiger partial charge in [0.15, 0.2) is 0 Å². The van der Waals surface area contributed by atoms with Gasteiger partial charge < -0.3 is 10.2 Å². The Bertz CT molecular complexity index is 1190. The lowest BCUT2D eigenvalue weighted by atomic mass is 9.95. The standard InChI is InChI=1S/C27H22N2O4/c30-26(31)28-24-13-11-18(16-22(24)20-7-3-1-4-8-20)15-19-12-14-25(29-27(32)33)23(17-19)21-9-5-2-6-10-21/h1-14,16-17,28-29H,15H2,(H,30,31)(H,32,33). The summed E-state index contributed by atoms with van der Waals surface area (Å²) in [7, 11) is 0. The summed E-state index contributed by atoms with van der Waals surface area (Å²) in [6.45, 7) is 0. The number of carboxylic acid groups (broad SMARTS) is 2. The summed E-state index contributed by atoms with van der Waals surface area (Å²) in [4.78, 5) is 22.5. The highest BCUT2D eigenvalue weighted by atomic mass is 16.4. The van der Waals surface area contributed by atoms with Gasteiger partial charge in [-0.25, -0.2) is 9.59 Å². The molecule has 0 atom stereocenters. The van der Waals surface area contributed by atoms with Crippen molar-refractivity contribution in [1.82, 2.24) is 0 Å². The molecule has 4 aromatic carbocycles. The van der Waals surface area contributed by atoms with Crippen molar-refractivity contribution >= 4 is 23.6 Å². The van der Waals surface area contributed by atoms with Crippen molar-refractivity contribution in [1.29, 1.82) is 0 Å². The van der Waals surface area contributed by atoms with Crippen LogP contribution in [0, 0.1) is 0 Å². The lowest BCUT2D eigenvalue weighted by molar-refractivity contribution is 0.208. The average Bonchev–Trinajstić information content (AvgIpc) is 2.81. The molecule has 0 aliphatic carbocycles. The fourth-order valence-electron chi connectivity index (χ4n) is 3.80. The van der Waals surface area contributed by atoms with E-state index in [9.17, 15) is 19.8 Å². The van der Waals surface area contributed by atoms with Gasteiger partial charge in [-0.2, -0.15) is 0 Å². The molecule has 0 spiro atoms. The Labute approximate surface area is 191 Å². The van der Waals surface area contributed by atoms with Gasteiger partial charge in [0, 0.05) is 11.1 Å². The second kappa shape index (κ2) is 9.70. The Morgan fingerprint density at radius 1 is 0.576 bits per heavy atom. The third kappa shape index (κ3) is 5.37. The Balaban J connectivity index is 1.71. The van der Waals surface area contributed by atoms with Gasteiger partial charge in [-0.05, 0) is 52.9 Å². The van der Waals surface area contributed by atoms with Crippen LogP contribution in [0.4, 0.5) is 21.0 Å². The number of anilines is 2. The molecule has 0 aliphatic rings. The van der Waals surface area contributed by atoms with Crippen molar-refractivity contribution in [2.24, 2.45) is 0 Å². The maximum Gasteiger partial charge on any atom is 0.409 e. The maximum absolute atomic E-state index is 11.2. The van der Waals surface area contributed by atoms with E-state index in [1.165, 1.54) is 0 Å². The fourth-order valence-corrected chi connectivity index (χ4v) is 3.80. The summed E-state index contributed by atoms with van der Waals surface area (Å²) >= 11 is 0. The Hall–Kier alpha value is -4.58. The van der Waals surface area contributed by atoms with Gasteiger partial charge in [0.25, 0.3) is 0 Å². The van der Waals surface area contributed by atoms with E-state index < -0.39 is 12.2 Å². The average molecular weight is 438 g/mol. The van der Waals surface area contributed by atoms with Crippen LogP contribution in [0.5, 0.6) is 0 Å². The number of benzene rings is 4. The number of nitrogens with one attached hydrogen (secondary N) is 2. The van der Waals surface area contributed by atoms with Gasteiger partial charge in [0.05, 0.1) is 11.4 Å². The molecule has 6 nitrogen and oxygen atoms in total. The summed E-state index contributed by atoms with van der Waals surface area (Å²) in [5, 5.41) is 23.4. The number of amides is 2. The molecular formula is C27H22N2O4. The van der Waals surface area contributed by atoms with Crippen LogP contribution in [0.2, 0.25) is 0 Å². The quantitative estimate of drug-likeness (QED) is 0.266. The van der Waals surface area contributed by atoms with E-state index in [0.29, 0.717) is 17.8 Å². The predicted octanol–water partition coefficient (Wildman–Crippen LogP) is 6.79. The molecule has 4 rings (SSSR count). The molecule has 0 saturated heterocycles. The normalized spacial score (nSPS) is 10.4. The molecule has 0 heterocycles. The van der Waals surface area contributed by atoms with Crippen LogP contribution in [-0.4, -0.2) is 22.4 Å². The lowest BCUT2D eigenvalue weighted by Gasteiger charge is -2.14. The molecule has 0 aromatic heterocycles. The van der Waals surface area contributed by atoms with Gasteiger partial charge in [-0.3, -0.25) is 10.6 Å². The van der Waals surface area contributed by atoms with E-state index in [0.717, 1.165) is 33.4 Å². The SMILES string of the molecule is O=C(O)Nc1ccc(Cc2ccc(NC(=O)O)c(-c3ccccc3)c2)cc1-c1ccccc1. The van der Waals surface area contributed by atoms with Crippen LogP contribution in [0.15, 0.2) is 97.1 Å². The van der Waals surface area contributed by atoms with Crippen LogP contribution in [0.1, 0.15) is 11.1 Å². The van der Waals surface area contributed by atoms with Gasteiger partial charge in [-0.1, -0.05) is 72.8 Å². The maximum atomic E-state index is 11.2. The highest BCUT2D eigenvalue weighted by Crippen LogP contribution is 2.32. The van der Waals surface area contributed by atoms with Gasteiger partial charge in [0.1, 0.15) is 0 Å². The fraction of sp³-hybridized carbons (Fsp3) is 0.0370. The minimum atomic E-state index is -1.12. The van der Waals surface area contributed by atoms with E-state index >= 15 is 0 Å². The lowest BCUT2D eigenvalue weighted by Crippen LogP contribution is -2.09. The molecule has 6 heteroatoms. The molecule has 4 aromatic rings. The minimum Gasteiger partial charge on any atom is -0.465 e. The molecule has 2 amide bonds. The van der Waals surface area contributed by atoms with E-state index in [1.807, 2.05) is 84.9 Å². The summed E-state index contributed by atoms with van der Waals surface area (Å²) < 4.78 is 0. The van der Waals surface area contributed by atoms with Gasteiger partial charge in [-0.15, -0.1) is 0 Å². The molecule has 0 radical (unpaired) electrons. The smallest absolute Gasteiger partial charge is 0.409 e. The van der Waals surface area contributed by atoms with Crippen LogP contribution in [0.25, 0.3) is 22.3 Å². The number of hydrogen-bond acceptors (Lipinski definition) is 2. The highest BCUT2D eigenvalue weighted by Gasteiger charge is 2.12. The third-order valence-electron chi connectivity index (χ3n) is 5.23.